The predicted molar refractivity (Wildman–Crippen MR) is 56.1 cm³/mol. The van der Waals surface area contributed by atoms with Crippen molar-refractivity contribution in [2.75, 3.05) is 19.6 Å². The second-order valence-electron chi connectivity index (χ2n) is 2.80. The van der Waals surface area contributed by atoms with Crippen LogP contribution in [0.25, 0.3) is 5.53 Å². The highest BCUT2D eigenvalue weighted by atomic mass is 16.1. The summed E-state index contributed by atoms with van der Waals surface area (Å²) in [5, 5.41) is 0. The number of nitrogens with zero attached hydrogens (tertiary/aromatic N) is 3. The van der Waals surface area contributed by atoms with Gasteiger partial charge in [0.2, 0.25) is 5.78 Å². The Morgan fingerprint density at radius 2 is 1.93 bits per heavy atom. The van der Waals surface area contributed by atoms with Gasteiger partial charge in [0.25, 0.3) is 0 Å². The number of Topliss-reactive ketones (excluding diaryl/α,β-unsaturated/α-hetero) is 1. The van der Waals surface area contributed by atoms with Crippen LogP contribution >= 0.6 is 0 Å². The fraction of sp³-hybridized carbons (Fsp3) is 0.400. The van der Waals surface area contributed by atoms with Gasteiger partial charge in [-0.2, -0.15) is 4.79 Å². The molecule has 0 aliphatic carbocycles. The lowest BCUT2D eigenvalue weighted by atomic mass is 10.3. The minimum absolute atomic E-state index is 0.189. The zero-order valence-corrected chi connectivity index (χ0v) is 8.22. The minimum atomic E-state index is -0.189. The molecule has 0 saturated carbocycles. The Morgan fingerprint density at radius 1 is 1.36 bits per heavy atom. The van der Waals surface area contributed by atoms with Crippen molar-refractivity contribution in [1.29, 1.82) is 0 Å². The Labute approximate surface area is 84.1 Å². The van der Waals surface area contributed by atoms with E-state index in [9.17, 15) is 4.79 Å². The number of hydrogen-bond acceptors (Lipinski definition) is 2. The van der Waals surface area contributed by atoms with Crippen LogP contribution in [-0.4, -0.2) is 41.3 Å². The molecule has 0 aromatic carbocycles. The summed E-state index contributed by atoms with van der Waals surface area (Å²) in [4.78, 5) is 15.7. The quantitative estimate of drug-likeness (QED) is 0.249. The van der Waals surface area contributed by atoms with Gasteiger partial charge >= 0.3 is 6.21 Å². The van der Waals surface area contributed by atoms with E-state index < -0.39 is 0 Å². The molecule has 0 radical (unpaired) electrons. The van der Waals surface area contributed by atoms with E-state index in [1.54, 1.807) is 12.2 Å². The number of ketones is 1. The topological polar surface area (TPSA) is 56.7 Å². The summed E-state index contributed by atoms with van der Waals surface area (Å²) in [6.45, 7) is 9.29. The molecule has 0 spiro atoms. The number of carbonyl (C=O) groups excluding carboxylic acids is 1. The molecule has 0 aliphatic heterocycles. The molecule has 0 heterocycles. The molecule has 0 aliphatic rings. The van der Waals surface area contributed by atoms with E-state index in [-0.39, 0.29) is 5.78 Å². The fourth-order valence-corrected chi connectivity index (χ4v) is 1.02. The lowest BCUT2D eigenvalue weighted by Crippen LogP contribution is -2.26. The van der Waals surface area contributed by atoms with Crippen molar-refractivity contribution in [2.45, 2.75) is 6.42 Å². The van der Waals surface area contributed by atoms with Crippen LogP contribution in [0.1, 0.15) is 6.42 Å². The number of rotatable bonds is 8. The zero-order valence-electron chi connectivity index (χ0n) is 8.22. The standard InChI is InChI=1S/C10H15N3O/c1-3-6-13(7-4-2)8-5-10(14)9-12-11/h3-4,9H,1-2,5-8H2. The van der Waals surface area contributed by atoms with Crippen LogP contribution in [0.5, 0.6) is 0 Å². The van der Waals surface area contributed by atoms with E-state index in [0.717, 1.165) is 19.3 Å². The summed E-state index contributed by atoms with van der Waals surface area (Å²) in [7, 11) is 0. The van der Waals surface area contributed by atoms with Crippen molar-refractivity contribution >= 4 is 12.0 Å². The van der Waals surface area contributed by atoms with Gasteiger partial charge in [0.15, 0.2) is 0 Å². The Morgan fingerprint density at radius 3 is 2.36 bits per heavy atom. The Kier molecular flexibility index (Phi) is 7.23. The molecule has 0 N–H and O–H groups in total. The van der Waals surface area contributed by atoms with E-state index in [2.05, 4.69) is 17.9 Å². The monoisotopic (exact) mass is 193 g/mol. The SMILES string of the molecule is C=CCN(CC=C)CCC(=O)C=[N+]=[N-]. The van der Waals surface area contributed by atoms with E-state index in [4.69, 9.17) is 5.53 Å². The average molecular weight is 193 g/mol. The maximum Gasteiger partial charge on any atom is 0.323 e. The Hall–Kier alpha value is -1.51. The van der Waals surface area contributed by atoms with Gasteiger partial charge in [-0.3, -0.25) is 9.69 Å². The first-order valence-electron chi connectivity index (χ1n) is 4.39. The van der Waals surface area contributed by atoms with Crippen LogP contribution < -0.4 is 0 Å². The average Bonchev–Trinajstić information content (AvgIpc) is 2.15. The lowest BCUT2D eigenvalue weighted by Gasteiger charge is -2.16. The van der Waals surface area contributed by atoms with Gasteiger partial charge in [0.1, 0.15) is 0 Å². The molecular formula is C10H15N3O. The summed E-state index contributed by atoms with van der Waals surface area (Å²) in [5.74, 6) is -0.189. The van der Waals surface area contributed by atoms with Gasteiger partial charge in [-0.15, -0.1) is 13.2 Å². The summed E-state index contributed by atoms with van der Waals surface area (Å²) in [6.07, 6.45) is 4.80. The smallest absolute Gasteiger partial charge is 0.323 e. The molecule has 4 nitrogen and oxygen atoms in total. The molecule has 14 heavy (non-hydrogen) atoms. The van der Waals surface area contributed by atoms with Crippen molar-refractivity contribution in [3.8, 4) is 0 Å². The van der Waals surface area contributed by atoms with E-state index in [1.807, 2.05) is 4.90 Å². The zero-order chi connectivity index (χ0) is 10.8. The van der Waals surface area contributed by atoms with Gasteiger partial charge in [-0.05, 0) is 0 Å². The molecule has 0 atom stereocenters. The third-order valence-electron chi connectivity index (χ3n) is 1.65. The molecular weight excluding hydrogens is 178 g/mol. The van der Waals surface area contributed by atoms with E-state index in [0.29, 0.717) is 13.0 Å². The van der Waals surface area contributed by atoms with Crippen molar-refractivity contribution in [1.82, 2.24) is 4.90 Å². The fourth-order valence-electron chi connectivity index (χ4n) is 1.02. The minimum Gasteiger partial charge on any atom is -0.361 e. The molecule has 0 unspecified atom stereocenters. The highest BCUT2D eigenvalue weighted by Crippen LogP contribution is 1.92. The highest BCUT2D eigenvalue weighted by molar-refractivity contribution is 6.25. The molecule has 0 amide bonds. The maximum atomic E-state index is 11.0. The van der Waals surface area contributed by atoms with Crippen LogP contribution in [0.3, 0.4) is 0 Å². The van der Waals surface area contributed by atoms with Crippen LogP contribution in [0, 0.1) is 0 Å². The van der Waals surface area contributed by atoms with Crippen LogP contribution in [-0.2, 0) is 4.79 Å². The van der Waals surface area contributed by atoms with Crippen molar-refractivity contribution in [3.05, 3.63) is 30.8 Å². The largest absolute Gasteiger partial charge is 0.361 e. The first kappa shape index (κ1) is 12.5. The van der Waals surface area contributed by atoms with Gasteiger partial charge in [-0.25, -0.2) is 0 Å². The van der Waals surface area contributed by atoms with Crippen molar-refractivity contribution < 1.29 is 9.58 Å². The van der Waals surface area contributed by atoms with Crippen LogP contribution in [0.2, 0.25) is 0 Å². The van der Waals surface area contributed by atoms with Crippen LogP contribution in [0.4, 0.5) is 0 Å². The molecule has 0 fully saturated rings. The normalized spacial score (nSPS) is 9.21. The van der Waals surface area contributed by atoms with Crippen LogP contribution in [0.15, 0.2) is 25.3 Å². The third-order valence-corrected chi connectivity index (χ3v) is 1.65. The number of hydrogen-bond donors (Lipinski definition) is 0. The summed E-state index contributed by atoms with van der Waals surface area (Å²) < 4.78 is 0. The highest BCUT2D eigenvalue weighted by Gasteiger charge is 2.06. The first-order chi connectivity index (χ1) is 6.74. The molecule has 4 heteroatoms. The molecule has 0 bridgehead atoms. The van der Waals surface area contributed by atoms with Crippen molar-refractivity contribution in [3.63, 3.8) is 0 Å². The number of carbonyl (C=O) groups is 1. The first-order valence-corrected chi connectivity index (χ1v) is 4.39. The maximum absolute atomic E-state index is 11.0. The second-order valence-corrected chi connectivity index (χ2v) is 2.80. The van der Waals surface area contributed by atoms with Gasteiger partial charge in [0, 0.05) is 26.1 Å². The van der Waals surface area contributed by atoms with Gasteiger partial charge in [0.05, 0.1) is 0 Å². The van der Waals surface area contributed by atoms with Gasteiger partial charge in [-0.1, -0.05) is 12.2 Å². The van der Waals surface area contributed by atoms with E-state index >= 15 is 0 Å². The molecule has 0 saturated heterocycles. The Bertz CT molecular complexity index is 244. The predicted octanol–water partition coefficient (Wildman–Crippen LogP) is 0.920. The molecule has 76 valence electrons. The second kappa shape index (κ2) is 8.10. The summed E-state index contributed by atoms with van der Waals surface area (Å²) in [6, 6.07) is 0. The Balaban J connectivity index is 3.90. The van der Waals surface area contributed by atoms with Crippen molar-refractivity contribution in [2.24, 2.45) is 0 Å². The third kappa shape index (κ3) is 6.06. The summed E-state index contributed by atoms with van der Waals surface area (Å²) >= 11 is 0. The summed E-state index contributed by atoms with van der Waals surface area (Å²) in [5.41, 5.74) is 8.11. The molecule has 0 aromatic heterocycles. The molecule has 0 rings (SSSR count). The van der Waals surface area contributed by atoms with Gasteiger partial charge < -0.3 is 5.53 Å². The molecule has 0 aromatic rings. The lowest BCUT2D eigenvalue weighted by molar-refractivity contribution is -0.116. The van der Waals surface area contributed by atoms with E-state index in [1.165, 1.54) is 0 Å².